The fourth-order valence-electron chi connectivity index (χ4n) is 10.0. The molecule has 4 aromatic carbocycles. The van der Waals surface area contributed by atoms with Crippen LogP contribution in [0.2, 0.25) is 0 Å². The van der Waals surface area contributed by atoms with Crippen LogP contribution in [-0.4, -0.2) is 0 Å². The second-order valence-electron chi connectivity index (χ2n) is 15.4. The molecular weight excluding hydrogens is 625 g/mol. The highest BCUT2D eigenvalue weighted by molar-refractivity contribution is 6.03. The fourth-order valence-corrected chi connectivity index (χ4v) is 10.0. The minimum atomic E-state index is 0.435. The van der Waals surface area contributed by atoms with Gasteiger partial charge in [0.2, 0.25) is 0 Å². The quantitative estimate of drug-likeness (QED) is 0.198. The number of benzene rings is 4. The van der Waals surface area contributed by atoms with Crippen LogP contribution in [0.4, 0.5) is 0 Å². The van der Waals surface area contributed by atoms with Crippen molar-refractivity contribution in [1.29, 1.82) is 0 Å². The number of hydrogen-bond donors (Lipinski definition) is 0. The van der Waals surface area contributed by atoms with E-state index in [1.54, 1.807) is 0 Å². The molecule has 0 nitrogen and oxygen atoms in total. The molecule has 0 heterocycles. The van der Waals surface area contributed by atoms with Gasteiger partial charge in [-0.1, -0.05) is 146 Å². The minimum Gasteiger partial charge on any atom is -0.0842 e. The summed E-state index contributed by atoms with van der Waals surface area (Å²) in [6.45, 7) is 0. The highest BCUT2D eigenvalue weighted by Crippen LogP contribution is 2.37. The van der Waals surface area contributed by atoms with Crippen molar-refractivity contribution in [3.8, 4) is 0 Å². The Labute approximate surface area is 307 Å². The van der Waals surface area contributed by atoms with Crippen LogP contribution in [0.1, 0.15) is 86.5 Å². The summed E-state index contributed by atoms with van der Waals surface area (Å²) < 4.78 is 0. The number of hydrogen-bond acceptors (Lipinski definition) is 0. The number of fused-ring (bicyclic) bond motifs is 4. The molecule has 0 saturated carbocycles. The summed E-state index contributed by atoms with van der Waals surface area (Å²) in [5.74, 6) is 0.869. The average molecular weight is 671 g/mol. The van der Waals surface area contributed by atoms with Gasteiger partial charge in [0.1, 0.15) is 0 Å². The van der Waals surface area contributed by atoms with E-state index in [4.69, 9.17) is 0 Å². The lowest BCUT2D eigenvalue weighted by Gasteiger charge is -2.28. The van der Waals surface area contributed by atoms with Gasteiger partial charge in [0, 0.05) is 0 Å². The van der Waals surface area contributed by atoms with Crippen LogP contribution in [-0.2, 0) is 0 Å². The normalized spacial score (nSPS) is 21.8. The maximum absolute atomic E-state index is 2.72. The molecule has 2 atom stereocenters. The Morgan fingerprint density at radius 1 is 0.365 bits per heavy atom. The Morgan fingerprint density at radius 2 is 0.673 bits per heavy atom. The largest absolute Gasteiger partial charge is 0.0842 e. The Hall–Kier alpha value is -5.20. The smallest absolute Gasteiger partial charge is 0.00699 e. The van der Waals surface area contributed by atoms with Crippen LogP contribution in [0.15, 0.2) is 121 Å². The molecule has 0 N–H and O–H groups in total. The molecule has 0 spiro atoms. The molecular formula is C52H46. The molecule has 10 rings (SSSR count). The van der Waals surface area contributed by atoms with Crippen molar-refractivity contribution in [1.82, 2.24) is 0 Å². The Balaban J connectivity index is 1.22. The van der Waals surface area contributed by atoms with Gasteiger partial charge in [-0.25, -0.2) is 0 Å². The third-order valence-corrected chi connectivity index (χ3v) is 12.4. The second-order valence-corrected chi connectivity index (χ2v) is 15.4. The van der Waals surface area contributed by atoms with E-state index in [1.807, 2.05) is 0 Å². The molecule has 254 valence electrons. The molecule has 0 bridgehead atoms. The lowest BCUT2D eigenvalue weighted by atomic mass is 9.75. The van der Waals surface area contributed by atoms with Gasteiger partial charge in [0.05, 0.1) is 0 Å². The van der Waals surface area contributed by atoms with E-state index in [0.717, 1.165) is 64.2 Å². The molecule has 2 unspecified atom stereocenters. The first-order valence-corrected chi connectivity index (χ1v) is 19.8. The first-order valence-electron chi connectivity index (χ1n) is 19.8. The topological polar surface area (TPSA) is 0 Å². The van der Waals surface area contributed by atoms with Gasteiger partial charge in [0.25, 0.3) is 0 Å². The molecule has 6 aliphatic carbocycles. The highest BCUT2D eigenvalue weighted by atomic mass is 14.3. The average Bonchev–Trinajstić information content (AvgIpc) is 3.22. The zero-order valence-corrected chi connectivity index (χ0v) is 30.1. The summed E-state index contributed by atoms with van der Waals surface area (Å²) in [5.41, 5.74) is 11.8. The molecule has 52 heavy (non-hydrogen) atoms. The molecule has 0 amide bonds. The van der Waals surface area contributed by atoms with Crippen LogP contribution in [0.5, 0.6) is 0 Å². The van der Waals surface area contributed by atoms with Crippen LogP contribution >= 0.6 is 0 Å². The van der Waals surface area contributed by atoms with Crippen LogP contribution in [0.3, 0.4) is 0 Å². The van der Waals surface area contributed by atoms with E-state index in [9.17, 15) is 0 Å². The first kappa shape index (κ1) is 31.5. The molecule has 0 radical (unpaired) electrons. The maximum atomic E-state index is 2.72. The van der Waals surface area contributed by atoms with Gasteiger partial charge in [-0.2, -0.15) is 0 Å². The van der Waals surface area contributed by atoms with E-state index < -0.39 is 0 Å². The zero-order valence-electron chi connectivity index (χ0n) is 30.1. The standard InChI is InChI=1S/C52H46/c1-5-17-35(18-6-1)49-41-25-13-15-27-43(41)51(37-21-9-3-10-22-37)47-33-39(29-31-45(47)49)40-30-32-46-48(34-40)52(38-23-11-4-12-24-38)44-28-16-14-26-42(44)50(46)36-19-7-2-8-20-36/h1-5,7,9,11,13-17,19,21,23,25-28,31-34,39-40H,6,8,10,12,18,20,22,24,29-30H2. The van der Waals surface area contributed by atoms with E-state index in [2.05, 4.69) is 146 Å². The van der Waals surface area contributed by atoms with E-state index in [0.29, 0.717) is 11.8 Å². The first-order chi connectivity index (χ1) is 25.8. The molecule has 4 aromatic rings. The van der Waals surface area contributed by atoms with Crippen LogP contribution in [0.25, 0.3) is 68.1 Å². The monoisotopic (exact) mass is 670 g/mol. The summed E-state index contributed by atoms with van der Waals surface area (Å²) in [7, 11) is 0. The van der Waals surface area contributed by atoms with Crippen molar-refractivity contribution in [3.63, 3.8) is 0 Å². The lowest BCUT2D eigenvalue weighted by Crippen LogP contribution is -2.39. The molecule has 0 aromatic heterocycles. The van der Waals surface area contributed by atoms with E-state index >= 15 is 0 Å². The van der Waals surface area contributed by atoms with Gasteiger partial charge in [-0.05, 0) is 163 Å². The van der Waals surface area contributed by atoms with Crippen molar-refractivity contribution in [2.75, 3.05) is 0 Å². The van der Waals surface area contributed by atoms with Crippen molar-refractivity contribution < 1.29 is 0 Å². The van der Waals surface area contributed by atoms with Crippen molar-refractivity contribution >= 4 is 68.1 Å². The van der Waals surface area contributed by atoms with Gasteiger partial charge in [-0.15, -0.1) is 0 Å². The van der Waals surface area contributed by atoms with Gasteiger partial charge >= 0.3 is 0 Å². The highest BCUT2D eigenvalue weighted by Gasteiger charge is 2.27. The summed E-state index contributed by atoms with van der Waals surface area (Å²) in [6, 6.07) is 18.5. The lowest BCUT2D eigenvalue weighted by molar-refractivity contribution is 0.544. The zero-order chi connectivity index (χ0) is 34.4. The third-order valence-electron chi connectivity index (χ3n) is 12.4. The molecule has 0 fully saturated rings. The Morgan fingerprint density at radius 3 is 0.962 bits per heavy atom. The van der Waals surface area contributed by atoms with E-state index in [1.165, 1.54) is 87.0 Å². The maximum Gasteiger partial charge on any atom is -0.00699 e. The summed E-state index contributed by atoms with van der Waals surface area (Å²) in [5, 5.41) is 11.5. The molecule has 0 heteroatoms. The summed E-state index contributed by atoms with van der Waals surface area (Å²) >= 11 is 0. The Kier molecular flexibility index (Phi) is 8.13. The predicted molar refractivity (Wildman–Crippen MR) is 226 cm³/mol. The summed E-state index contributed by atoms with van der Waals surface area (Å²) in [6.07, 6.45) is 49.6. The number of rotatable bonds is 5. The molecule has 0 aliphatic heterocycles. The van der Waals surface area contributed by atoms with Crippen molar-refractivity contribution in [2.24, 2.45) is 11.8 Å². The minimum absolute atomic E-state index is 0.435. The van der Waals surface area contributed by atoms with Crippen LogP contribution in [0, 0.1) is 11.8 Å². The Bertz CT molecular complexity index is 2480. The fraction of sp³-hybridized carbons (Fsp3) is 0.231. The van der Waals surface area contributed by atoms with Crippen molar-refractivity contribution in [2.45, 2.75) is 64.2 Å². The second kappa shape index (κ2) is 13.4. The van der Waals surface area contributed by atoms with Crippen molar-refractivity contribution in [3.05, 3.63) is 165 Å². The molecule has 6 aliphatic rings. The van der Waals surface area contributed by atoms with Gasteiger partial charge < -0.3 is 0 Å². The molecule has 0 saturated heterocycles. The van der Waals surface area contributed by atoms with E-state index in [-0.39, 0.29) is 0 Å². The van der Waals surface area contributed by atoms with Crippen LogP contribution < -0.4 is 20.9 Å². The van der Waals surface area contributed by atoms with Gasteiger partial charge in [-0.3, -0.25) is 0 Å². The SMILES string of the molecule is C1=CCCC(c2c3c(c(C4=CC=CCC4)c4ccccc24)=CC(C2C=c4c(C5=CC=CCC5)c5ccccc5c(C5=CC=CCC5)c4=CC2)CC=3)=C1. The van der Waals surface area contributed by atoms with Gasteiger partial charge in [0.15, 0.2) is 0 Å². The summed E-state index contributed by atoms with van der Waals surface area (Å²) in [4.78, 5) is 0. The predicted octanol–water partition coefficient (Wildman–Crippen LogP) is 10.8. The number of allylic oxidation sites excluding steroid dienone is 16. The third kappa shape index (κ3) is 5.35.